The summed E-state index contributed by atoms with van der Waals surface area (Å²) < 4.78 is 0. The van der Waals surface area contributed by atoms with Crippen molar-refractivity contribution in [2.75, 3.05) is 0 Å². The summed E-state index contributed by atoms with van der Waals surface area (Å²) in [6.07, 6.45) is 0. The average Bonchev–Trinajstić information content (AvgIpc) is 2.78. The number of rotatable bonds is 5. The van der Waals surface area contributed by atoms with Gasteiger partial charge in [0.25, 0.3) is 5.69 Å². The van der Waals surface area contributed by atoms with Crippen LogP contribution in [-0.4, -0.2) is 15.9 Å². The highest BCUT2D eigenvalue weighted by atomic mass is 32.1. The topological polar surface area (TPSA) is 68.1 Å². The third kappa shape index (κ3) is 3.40. The Morgan fingerprint density at radius 3 is 2.85 bits per heavy atom. The van der Waals surface area contributed by atoms with E-state index in [1.165, 1.54) is 6.07 Å². The van der Waals surface area contributed by atoms with Crippen molar-refractivity contribution in [2.45, 2.75) is 33.4 Å². The summed E-state index contributed by atoms with van der Waals surface area (Å²) in [6.45, 7) is 6.88. The minimum atomic E-state index is -0.383. The first-order valence-electron chi connectivity index (χ1n) is 6.42. The highest BCUT2D eigenvalue weighted by Crippen LogP contribution is 2.29. The summed E-state index contributed by atoms with van der Waals surface area (Å²) in [5.74, 6) is 0. The van der Waals surface area contributed by atoms with Gasteiger partial charge in [-0.1, -0.05) is 26.0 Å². The lowest BCUT2D eigenvalue weighted by atomic mass is 10.1. The van der Waals surface area contributed by atoms with E-state index >= 15 is 0 Å². The number of aryl methyl sites for hydroxylation is 1. The zero-order valence-electron chi connectivity index (χ0n) is 11.7. The van der Waals surface area contributed by atoms with E-state index in [9.17, 15) is 10.1 Å². The molecule has 0 radical (unpaired) electrons. The molecule has 1 aromatic carbocycles. The van der Waals surface area contributed by atoms with E-state index < -0.39 is 0 Å². The van der Waals surface area contributed by atoms with Crippen LogP contribution in [-0.2, 0) is 6.54 Å². The van der Waals surface area contributed by atoms with Gasteiger partial charge < -0.3 is 5.32 Å². The van der Waals surface area contributed by atoms with Gasteiger partial charge in [0.15, 0.2) is 0 Å². The maximum Gasteiger partial charge on any atom is 0.270 e. The van der Waals surface area contributed by atoms with Crippen molar-refractivity contribution in [1.29, 1.82) is 0 Å². The van der Waals surface area contributed by atoms with E-state index in [-0.39, 0.29) is 10.6 Å². The summed E-state index contributed by atoms with van der Waals surface area (Å²) in [7, 11) is 0. The second-order valence-electron chi connectivity index (χ2n) is 4.86. The van der Waals surface area contributed by atoms with Crippen molar-refractivity contribution < 1.29 is 4.92 Å². The lowest BCUT2D eigenvalue weighted by molar-refractivity contribution is -0.384. The summed E-state index contributed by atoms with van der Waals surface area (Å²) in [4.78, 5) is 16.1. The predicted octanol–water partition coefficient (Wildman–Crippen LogP) is 3.52. The van der Waals surface area contributed by atoms with Gasteiger partial charge in [0.05, 0.1) is 10.6 Å². The fourth-order valence-corrected chi connectivity index (χ4v) is 2.76. The number of hydrogen-bond donors (Lipinski definition) is 1. The van der Waals surface area contributed by atoms with Crippen LogP contribution in [0.25, 0.3) is 11.3 Å². The number of thiazole rings is 1. The monoisotopic (exact) mass is 291 g/mol. The van der Waals surface area contributed by atoms with E-state index in [2.05, 4.69) is 24.1 Å². The molecular formula is C14H17N3O2S. The first-order chi connectivity index (χ1) is 9.47. The molecule has 20 heavy (non-hydrogen) atoms. The average molecular weight is 291 g/mol. The Bertz CT molecular complexity index is 623. The molecule has 0 aliphatic rings. The molecule has 2 aromatic rings. The molecular weight excluding hydrogens is 274 g/mol. The Morgan fingerprint density at radius 1 is 1.45 bits per heavy atom. The van der Waals surface area contributed by atoms with Crippen LogP contribution in [0.5, 0.6) is 0 Å². The minimum absolute atomic E-state index is 0.0942. The van der Waals surface area contributed by atoms with Crippen molar-refractivity contribution in [3.05, 3.63) is 44.3 Å². The molecule has 0 aliphatic heterocycles. The first kappa shape index (κ1) is 14.6. The second-order valence-corrected chi connectivity index (χ2v) is 6.14. The number of non-ortho nitro benzene ring substituents is 1. The van der Waals surface area contributed by atoms with E-state index in [0.29, 0.717) is 6.04 Å². The van der Waals surface area contributed by atoms with Crippen LogP contribution in [0.4, 0.5) is 5.69 Å². The Morgan fingerprint density at radius 2 is 2.20 bits per heavy atom. The van der Waals surface area contributed by atoms with Crippen molar-refractivity contribution in [3.63, 3.8) is 0 Å². The van der Waals surface area contributed by atoms with Gasteiger partial charge in [0.1, 0.15) is 5.01 Å². The molecule has 106 valence electrons. The molecule has 0 spiro atoms. The molecule has 0 saturated heterocycles. The SMILES string of the molecule is Cc1sc(CNC(C)C)nc1-c1cccc([N+](=O)[O-])c1. The number of nitrogens with zero attached hydrogens (tertiary/aromatic N) is 2. The van der Waals surface area contributed by atoms with Crippen molar-refractivity contribution in [2.24, 2.45) is 0 Å². The summed E-state index contributed by atoms with van der Waals surface area (Å²) >= 11 is 1.62. The predicted molar refractivity (Wildman–Crippen MR) is 80.9 cm³/mol. The lowest BCUT2D eigenvalue weighted by Gasteiger charge is -2.04. The molecule has 0 bridgehead atoms. The van der Waals surface area contributed by atoms with E-state index in [1.54, 1.807) is 23.5 Å². The number of hydrogen-bond acceptors (Lipinski definition) is 5. The lowest BCUT2D eigenvalue weighted by Crippen LogP contribution is -2.21. The van der Waals surface area contributed by atoms with Crippen molar-refractivity contribution >= 4 is 17.0 Å². The van der Waals surface area contributed by atoms with Gasteiger partial charge in [-0.3, -0.25) is 10.1 Å². The maximum atomic E-state index is 10.8. The van der Waals surface area contributed by atoms with Crippen LogP contribution < -0.4 is 5.32 Å². The Labute approximate surface area is 121 Å². The standard InChI is InChI=1S/C14H17N3O2S/c1-9(2)15-8-13-16-14(10(3)20-13)11-5-4-6-12(7-11)17(18)19/h4-7,9,15H,8H2,1-3H3. The Kier molecular flexibility index (Phi) is 4.46. The molecule has 0 amide bonds. The summed E-state index contributed by atoms with van der Waals surface area (Å²) in [6, 6.07) is 7.02. The molecule has 0 fully saturated rings. The van der Waals surface area contributed by atoms with Gasteiger partial charge in [0.2, 0.25) is 0 Å². The quantitative estimate of drug-likeness (QED) is 0.676. The van der Waals surface area contributed by atoms with Crippen LogP contribution >= 0.6 is 11.3 Å². The van der Waals surface area contributed by atoms with Crippen LogP contribution in [0.15, 0.2) is 24.3 Å². The maximum absolute atomic E-state index is 10.8. The highest BCUT2D eigenvalue weighted by Gasteiger charge is 2.13. The van der Waals surface area contributed by atoms with Gasteiger partial charge in [-0.15, -0.1) is 11.3 Å². The first-order valence-corrected chi connectivity index (χ1v) is 7.23. The van der Waals surface area contributed by atoms with Gasteiger partial charge in [-0.25, -0.2) is 4.98 Å². The number of aromatic nitrogens is 1. The number of nitrogens with one attached hydrogen (secondary N) is 1. The molecule has 2 rings (SSSR count). The molecule has 1 aromatic heterocycles. The molecule has 1 N–H and O–H groups in total. The zero-order chi connectivity index (χ0) is 14.7. The van der Waals surface area contributed by atoms with Crippen LogP contribution in [0.2, 0.25) is 0 Å². The molecule has 0 unspecified atom stereocenters. The van der Waals surface area contributed by atoms with Crippen molar-refractivity contribution in [1.82, 2.24) is 10.3 Å². The fourth-order valence-electron chi connectivity index (χ4n) is 1.85. The van der Waals surface area contributed by atoms with Crippen LogP contribution in [0.3, 0.4) is 0 Å². The molecule has 0 atom stereocenters. The molecule has 6 heteroatoms. The zero-order valence-corrected chi connectivity index (χ0v) is 12.5. The van der Waals surface area contributed by atoms with Crippen LogP contribution in [0.1, 0.15) is 23.7 Å². The third-order valence-electron chi connectivity index (χ3n) is 2.83. The van der Waals surface area contributed by atoms with Gasteiger partial charge in [0, 0.05) is 35.2 Å². The minimum Gasteiger partial charge on any atom is -0.308 e. The van der Waals surface area contributed by atoms with Gasteiger partial charge in [-0.2, -0.15) is 0 Å². The third-order valence-corrected chi connectivity index (χ3v) is 3.80. The Balaban J connectivity index is 2.28. The van der Waals surface area contributed by atoms with Gasteiger partial charge >= 0.3 is 0 Å². The van der Waals surface area contributed by atoms with E-state index in [1.807, 2.05) is 13.0 Å². The molecule has 1 heterocycles. The molecule has 0 aliphatic carbocycles. The van der Waals surface area contributed by atoms with Crippen molar-refractivity contribution in [3.8, 4) is 11.3 Å². The van der Waals surface area contributed by atoms with Crippen LogP contribution in [0, 0.1) is 17.0 Å². The largest absolute Gasteiger partial charge is 0.308 e. The molecule has 0 saturated carbocycles. The van der Waals surface area contributed by atoms with E-state index in [0.717, 1.165) is 27.7 Å². The number of benzene rings is 1. The normalized spacial score (nSPS) is 11.0. The van der Waals surface area contributed by atoms with Gasteiger partial charge in [-0.05, 0) is 6.92 Å². The number of nitro groups is 1. The van der Waals surface area contributed by atoms with E-state index in [4.69, 9.17) is 0 Å². The summed E-state index contributed by atoms with van der Waals surface area (Å²) in [5.41, 5.74) is 1.72. The fraction of sp³-hybridized carbons (Fsp3) is 0.357. The smallest absolute Gasteiger partial charge is 0.270 e. The molecule has 5 nitrogen and oxygen atoms in total. The second kappa shape index (κ2) is 6.11. The number of nitro benzene ring substituents is 1. The Hall–Kier alpha value is -1.79. The highest BCUT2D eigenvalue weighted by molar-refractivity contribution is 7.12. The summed E-state index contributed by atoms with van der Waals surface area (Å²) in [5, 5.41) is 15.2.